The van der Waals surface area contributed by atoms with E-state index in [1.807, 2.05) is 30.3 Å². The number of hydrogen-bond acceptors (Lipinski definition) is 14. The third kappa shape index (κ3) is 20.3. The topological polar surface area (TPSA) is 328 Å². The Morgan fingerprint density at radius 3 is 2.06 bits per heavy atom. The third-order valence-corrected chi connectivity index (χ3v) is 11.5. The molecule has 0 fully saturated rings. The zero-order valence-electron chi connectivity index (χ0n) is 43.2. The largest absolute Gasteiger partial charge is 0.387 e. The van der Waals surface area contributed by atoms with E-state index in [0.29, 0.717) is 23.8 Å². The van der Waals surface area contributed by atoms with Crippen molar-refractivity contribution in [3.05, 3.63) is 95.8 Å². The van der Waals surface area contributed by atoms with Crippen molar-refractivity contribution in [1.82, 2.24) is 46.3 Å². The number of methoxy groups -OCH3 is 1. The lowest BCUT2D eigenvalue weighted by Crippen LogP contribution is -2.57. The van der Waals surface area contributed by atoms with E-state index in [9.17, 15) is 57.4 Å². The van der Waals surface area contributed by atoms with E-state index in [0.717, 1.165) is 35.9 Å². The van der Waals surface area contributed by atoms with Crippen molar-refractivity contribution in [3.8, 4) is 11.1 Å². The van der Waals surface area contributed by atoms with Gasteiger partial charge in [-0.3, -0.25) is 52.8 Å². The van der Waals surface area contributed by atoms with Crippen LogP contribution in [0.15, 0.2) is 72.9 Å². The van der Waals surface area contributed by atoms with E-state index in [4.69, 9.17) is 19.9 Å². The van der Waals surface area contributed by atoms with Crippen molar-refractivity contribution in [1.29, 1.82) is 0 Å². The number of amides is 10. The van der Waals surface area contributed by atoms with Crippen LogP contribution in [0.5, 0.6) is 0 Å². The second kappa shape index (κ2) is 30.6. The maximum Gasteiger partial charge on any atom is 0.254 e. The summed E-state index contributed by atoms with van der Waals surface area (Å²) in [5.74, 6) is -9.91. The molecular weight excluding hydrogens is 1010 g/mol. The Hall–Kier alpha value is -7.94. The maximum atomic E-state index is 15.4. The van der Waals surface area contributed by atoms with E-state index in [2.05, 4.69) is 31.9 Å². The highest BCUT2D eigenvalue weighted by Crippen LogP contribution is 2.41. The fourth-order valence-electron chi connectivity index (χ4n) is 7.86. The molecule has 0 spiro atoms. The highest BCUT2D eigenvalue weighted by molar-refractivity contribution is 6.14. The van der Waals surface area contributed by atoms with Gasteiger partial charge in [0.1, 0.15) is 43.5 Å². The van der Waals surface area contributed by atoms with Crippen molar-refractivity contribution in [2.24, 2.45) is 11.1 Å². The molecule has 0 aliphatic carbocycles. The summed E-state index contributed by atoms with van der Waals surface area (Å²) in [7, 11) is 1.52. The standard InChI is InChI=1S/C51H66F2N10O14/c1-51(2,3)48(39-22-33(35-23-34(52)10-11-36(35)53)28-61(39)27-32-8-6-5-7-9-32)62(47(72)30-64)17-14-37(49(73)56-16-15-55-43(68)29-63-45(70)12-13-46(63)71)60-50(74)38(24-40(54)65)59-42(67)26-57-41(66)25-58-44(69)31-77-21-20-76-19-18-75-4/h5-13,22-23,28,37-38,48,64H,14-21,24-27,29-31H2,1-4H3,(H2,54,65)(H,55,68)(H,56,73)(H,57,66)(H,58,69)(H,59,67)(H,60,74)/t37-,38-,48-/m0/s1. The molecule has 2 heterocycles. The number of aliphatic hydroxyl groups excluding tert-OH is 1. The van der Waals surface area contributed by atoms with Gasteiger partial charge in [0.05, 0.1) is 52.0 Å². The Balaban J connectivity index is 1.57. The first-order valence-electron chi connectivity index (χ1n) is 24.3. The monoisotopic (exact) mass is 1080 g/mol. The fraction of sp³-hybridized carbons (Fsp3) is 0.451. The van der Waals surface area contributed by atoms with Gasteiger partial charge in [-0.25, -0.2) is 8.78 Å². The molecule has 9 N–H and O–H groups in total. The van der Waals surface area contributed by atoms with Crippen molar-refractivity contribution in [2.75, 3.05) is 86.0 Å². The maximum absolute atomic E-state index is 15.4. The number of nitrogens with one attached hydrogen (secondary N) is 6. The van der Waals surface area contributed by atoms with Crippen molar-refractivity contribution in [2.45, 2.75) is 58.3 Å². The Morgan fingerprint density at radius 2 is 1.40 bits per heavy atom. The van der Waals surface area contributed by atoms with Crippen molar-refractivity contribution in [3.63, 3.8) is 0 Å². The number of halogens is 2. The van der Waals surface area contributed by atoms with Crippen LogP contribution in [0.1, 0.15) is 50.9 Å². The number of aromatic nitrogens is 1. The molecule has 3 atom stereocenters. The molecule has 0 bridgehead atoms. The Kier molecular flexibility index (Phi) is 24.5. The van der Waals surface area contributed by atoms with E-state index in [1.54, 1.807) is 37.6 Å². The predicted octanol–water partition coefficient (Wildman–Crippen LogP) is -1.31. The molecule has 1 aliphatic heterocycles. The average molecular weight is 1080 g/mol. The lowest BCUT2D eigenvalue weighted by Gasteiger charge is -2.41. The molecule has 10 amide bonds. The molecule has 1 aromatic heterocycles. The fourth-order valence-corrected chi connectivity index (χ4v) is 7.86. The van der Waals surface area contributed by atoms with Gasteiger partial charge in [-0.05, 0) is 41.7 Å². The Morgan fingerprint density at radius 1 is 0.753 bits per heavy atom. The van der Waals surface area contributed by atoms with Crippen LogP contribution in [0, 0.1) is 17.0 Å². The van der Waals surface area contributed by atoms with Gasteiger partial charge in [0.2, 0.25) is 47.3 Å². The van der Waals surface area contributed by atoms with Crippen LogP contribution in [-0.2, 0) is 68.7 Å². The van der Waals surface area contributed by atoms with Gasteiger partial charge >= 0.3 is 0 Å². The molecule has 26 heteroatoms. The molecule has 0 unspecified atom stereocenters. The van der Waals surface area contributed by atoms with Crippen LogP contribution in [0.4, 0.5) is 8.78 Å². The first kappa shape index (κ1) is 61.6. The Labute approximate surface area is 442 Å². The van der Waals surface area contributed by atoms with Crippen LogP contribution in [0.2, 0.25) is 0 Å². The number of benzene rings is 2. The van der Waals surface area contributed by atoms with Crippen LogP contribution in [0.3, 0.4) is 0 Å². The Bertz CT molecular complexity index is 2590. The molecule has 4 rings (SSSR count). The van der Waals surface area contributed by atoms with E-state index >= 15 is 4.39 Å². The van der Waals surface area contributed by atoms with Crippen LogP contribution in [-0.4, -0.2) is 177 Å². The lowest BCUT2D eigenvalue weighted by molar-refractivity contribution is -0.141. The minimum absolute atomic E-state index is 0.0708. The van der Waals surface area contributed by atoms with Gasteiger partial charge in [0.25, 0.3) is 11.8 Å². The van der Waals surface area contributed by atoms with E-state index < -0.39 is 133 Å². The summed E-state index contributed by atoms with van der Waals surface area (Å²) in [6.07, 6.45) is 2.39. The highest BCUT2D eigenvalue weighted by Gasteiger charge is 2.38. The number of carbonyl (C=O) groups is 10. The van der Waals surface area contributed by atoms with Gasteiger partial charge in [-0.2, -0.15) is 0 Å². The second-order valence-electron chi connectivity index (χ2n) is 18.5. The van der Waals surface area contributed by atoms with Gasteiger partial charge in [0.15, 0.2) is 0 Å². The molecule has 418 valence electrons. The summed E-state index contributed by atoms with van der Waals surface area (Å²) in [5.41, 5.74) is 5.96. The van der Waals surface area contributed by atoms with E-state index in [1.165, 1.54) is 12.0 Å². The summed E-state index contributed by atoms with van der Waals surface area (Å²) in [6.45, 7) is 2.34. The quantitative estimate of drug-likeness (QED) is 0.0266. The van der Waals surface area contributed by atoms with E-state index in [-0.39, 0.29) is 57.1 Å². The number of rotatable bonds is 32. The number of aliphatic hydroxyl groups is 1. The molecule has 2 aromatic carbocycles. The number of primary amides is 1. The SMILES string of the molecule is COCCOCCOCC(=O)NCC(=O)NCC(=O)N[C@@H](CC(N)=O)C(=O)N[C@@H](CCN(C(=O)CO)[C@@H](c1cc(-c2cc(F)ccc2F)cn1Cc1ccccc1)C(C)(C)C)C(=O)NCCNC(=O)CN1C(=O)C=CC1=O. The zero-order chi connectivity index (χ0) is 56.7. The number of imide groups is 1. The molecule has 0 saturated heterocycles. The van der Waals surface area contributed by atoms with Crippen LogP contribution < -0.4 is 37.6 Å². The van der Waals surface area contributed by atoms with Crippen LogP contribution >= 0.6 is 0 Å². The molecule has 0 saturated carbocycles. The highest BCUT2D eigenvalue weighted by atomic mass is 19.1. The predicted molar refractivity (Wildman–Crippen MR) is 270 cm³/mol. The number of ether oxygens (including phenoxy) is 3. The molecule has 77 heavy (non-hydrogen) atoms. The number of carbonyl (C=O) groups excluding carboxylic acids is 10. The summed E-state index contributed by atoms with van der Waals surface area (Å²) >= 11 is 0. The molecule has 3 aromatic rings. The molecule has 0 radical (unpaired) electrons. The first-order valence-corrected chi connectivity index (χ1v) is 24.3. The average Bonchev–Trinajstić information content (AvgIpc) is 3.96. The van der Waals surface area contributed by atoms with Crippen molar-refractivity contribution < 1.29 is 76.0 Å². The van der Waals surface area contributed by atoms with Gasteiger partial charge in [-0.1, -0.05) is 51.1 Å². The minimum Gasteiger partial charge on any atom is -0.387 e. The molecular formula is C51H66F2N10O14. The van der Waals surface area contributed by atoms with Crippen molar-refractivity contribution >= 4 is 59.1 Å². The lowest BCUT2D eigenvalue weighted by atomic mass is 9.82. The number of nitrogens with two attached hydrogens (primary N) is 1. The normalized spacial score (nSPS) is 13.3. The summed E-state index contributed by atoms with van der Waals surface area (Å²) < 4.78 is 47.0. The molecule has 1 aliphatic rings. The van der Waals surface area contributed by atoms with Gasteiger partial charge in [0, 0.05) is 68.5 Å². The summed E-state index contributed by atoms with van der Waals surface area (Å²) in [4.78, 5) is 131. The van der Waals surface area contributed by atoms with Crippen LogP contribution in [0.25, 0.3) is 11.1 Å². The first-order chi connectivity index (χ1) is 36.6. The zero-order valence-corrected chi connectivity index (χ0v) is 43.2. The summed E-state index contributed by atoms with van der Waals surface area (Å²) in [5, 5.41) is 24.8. The number of hydrogen-bond donors (Lipinski definition) is 8. The van der Waals surface area contributed by atoms with Gasteiger partial charge < -0.3 is 66.4 Å². The minimum atomic E-state index is -1.74. The third-order valence-electron chi connectivity index (χ3n) is 11.5. The molecule has 24 nitrogen and oxygen atoms in total. The second-order valence-corrected chi connectivity index (χ2v) is 18.5. The number of nitrogens with zero attached hydrogens (tertiary/aromatic N) is 3. The smallest absolute Gasteiger partial charge is 0.254 e. The van der Waals surface area contributed by atoms with Gasteiger partial charge in [-0.15, -0.1) is 0 Å². The summed E-state index contributed by atoms with van der Waals surface area (Å²) in [6, 6.07) is 9.37.